The van der Waals surface area contributed by atoms with Gasteiger partial charge < -0.3 is 11.1 Å². The number of nitrogen functional groups attached to an aromatic ring is 1. The van der Waals surface area contributed by atoms with E-state index >= 15 is 0 Å². The molecule has 0 aliphatic heterocycles. The first-order chi connectivity index (χ1) is 6.63. The van der Waals surface area contributed by atoms with Crippen molar-refractivity contribution in [1.82, 2.24) is 4.98 Å². The molecule has 1 atom stereocenters. The summed E-state index contributed by atoms with van der Waals surface area (Å²) in [6.45, 7) is 5.76. The first-order valence-corrected chi connectivity index (χ1v) is 5.21. The minimum atomic E-state index is 0.319. The van der Waals surface area contributed by atoms with Crippen molar-refractivity contribution in [3.05, 3.63) is 29.4 Å². The lowest BCUT2D eigenvalue weighted by Crippen LogP contribution is -2.15. The summed E-state index contributed by atoms with van der Waals surface area (Å²) in [6.07, 6.45) is 4.41. The Morgan fingerprint density at radius 3 is 3.07 bits per heavy atom. The van der Waals surface area contributed by atoms with Gasteiger partial charge in [-0.3, -0.25) is 0 Å². The monoisotopic (exact) mass is 255 g/mol. The van der Waals surface area contributed by atoms with E-state index in [2.05, 4.69) is 39.7 Å². The Bertz CT molecular complexity index is 325. The molecule has 76 valence electrons. The summed E-state index contributed by atoms with van der Waals surface area (Å²) in [7, 11) is 0. The summed E-state index contributed by atoms with van der Waals surface area (Å²) >= 11 is 3.40. The molecule has 0 fully saturated rings. The minimum absolute atomic E-state index is 0.319. The van der Waals surface area contributed by atoms with Gasteiger partial charge in [-0.05, 0) is 35.3 Å². The molecular weight excluding hydrogens is 242 g/mol. The normalized spacial score (nSPS) is 12.1. The van der Waals surface area contributed by atoms with Crippen molar-refractivity contribution >= 4 is 27.4 Å². The molecule has 3 N–H and O–H groups in total. The van der Waals surface area contributed by atoms with E-state index in [1.165, 1.54) is 0 Å². The van der Waals surface area contributed by atoms with Gasteiger partial charge in [0.05, 0.1) is 16.4 Å². The second-order valence-electron chi connectivity index (χ2n) is 3.17. The largest absolute Gasteiger partial charge is 0.397 e. The van der Waals surface area contributed by atoms with E-state index in [0.717, 1.165) is 16.7 Å². The molecule has 0 amide bonds. The SMILES string of the molecule is C=CCC(C)Nc1ncc(N)cc1Br. The van der Waals surface area contributed by atoms with Crippen LogP contribution < -0.4 is 11.1 Å². The first-order valence-electron chi connectivity index (χ1n) is 4.42. The highest BCUT2D eigenvalue weighted by Gasteiger charge is 2.04. The smallest absolute Gasteiger partial charge is 0.140 e. The molecule has 14 heavy (non-hydrogen) atoms. The van der Waals surface area contributed by atoms with Gasteiger partial charge in [0.2, 0.25) is 0 Å². The summed E-state index contributed by atoms with van der Waals surface area (Å²) < 4.78 is 0.883. The van der Waals surface area contributed by atoms with Crippen LogP contribution in [0, 0.1) is 0 Å². The fourth-order valence-corrected chi connectivity index (χ4v) is 1.58. The predicted molar refractivity (Wildman–Crippen MR) is 64.2 cm³/mol. The molecule has 0 aliphatic rings. The Balaban J connectivity index is 2.71. The number of rotatable bonds is 4. The van der Waals surface area contributed by atoms with Crippen LogP contribution in [-0.2, 0) is 0 Å². The molecule has 1 unspecified atom stereocenters. The summed E-state index contributed by atoms with van der Waals surface area (Å²) in [6, 6.07) is 2.15. The van der Waals surface area contributed by atoms with Crippen LogP contribution in [0.3, 0.4) is 0 Å². The molecule has 0 radical (unpaired) electrons. The van der Waals surface area contributed by atoms with Crippen molar-refractivity contribution in [1.29, 1.82) is 0 Å². The Labute approximate surface area is 92.5 Å². The summed E-state index contributed by atoms with van der Waals surface area (Å²) in [5.41, 5.74) is 6.23. The van der Waals surface area contributed by atoms with Gasteiger partial charge in [0.15, 0.2) is 0 Å². The van der Waals surface area contributed by atoms with Crippen LogP contribution in [0.25, 0.3) is 0 Å². The van der Waals surface area contributed by atoms with Crippen LogP contribution in [0.15, 0.2) is 29.4 Å². The Morgan fingerprint density at radius 1 is 1.79 bits per heavy atom. The van der Waals surface area contributed by atoms with Gasteiger partial charge in [0, 0.05) is 6.04 Å². The fourth-order valence-electron chi connectivity index (χ4n) is 1.10. The van der Waals surface area contributed by atoms with E-state index in [-0.39, 0.29) is 0 Å². The van der Waals surface area contributed by atoms with Gasteiger partial charge >= 0.3 is 0 Å². The molecule has 0 bridgehead atoms. The zero-order valence-corrected chi connectivity index (χ0v) is 9.71. The number of nitrogens with one attached hydrogen (secondary N) is 1. The van der Waals surface area contributed by atoms with Gasteiger partial charge in [0.1, 0.15) is 5.82 Å². The third-order valence-electron chi connectivity index (χ3n) is 1.77. The number of aromatic nitrogens is 1. The standard InChI is InChI=1S/C10H14BrN3/c1-3-4-7(2)14-10-9(11)5-8(12)6-13-10/h3,5-7H,1,4,12H2,2H3,(H,13,14). The molecule has 0 aromatic carbocycles. The molecular formula is C10H14BrN3. The first kappa shape index (κ1) is 11.0. The van der Waals surface area contributed by atoms with Gasteiger partial charge in [0.25, 0.3) is 0 Å². The quantitative estimate of drug-likeness (QED) is 0.814. The maximum absolute atomic E-state index is 5.58. The average Bonchev–Trinajstić information content (AvgIpc) is 2.10. The highest BCUT2D eigenvalue weighted by molar-refractivity contribution is 9.10. The Hall–Kier alpha value is -1.03. The maximum atomic E-state index is 5.58. The third kappa shape index (κ3) is 3.03. The molecule has 1 rings (SSSR count). The number of nitrogens with zero attached hydrogens (tertiary/aromatic N) is 1. The Kier molecular flexibility index (Phi) is 3.95. The molecule has 0 saturated carbocycles. The van der Waals surface area contributed by atoms with E-state index in [4.69, 9.17) is 5.73 Å². The summed E-state index contributed by atoms with van der Waals surface area (Å²) in [5.74, 6) is 0.813. The van der Waals surface area contributed by atoms with Gasteiger partial charge in [-0.1, -0.05) is 6.08 Å². The van der Waals surface area contributed by atoms with Crippen LogP contribution in [0.5, 0.6) is 0 Å². The van der Waals surface area contributed by atoms with Gasteiger partial charge in [-0.25, -0.2) is 4.98 Å². The summed E-state index contributed by atoms with van der Waals surface area (Å²) in [5, 5.41) is 3.25. The van der Waals surface area contributed by atoms with E-state index < -0.39 is 0 Å². The third-order valence-corrected chi connectivity index (χ3v) is 2.37. The van der Waals surface area contributed by atoms with Crippen molar-refractivity contribution in [2.75, 3.05) is 11.1 Å². The zero-order valence-electron chi connectivity index (χ0n) is 8.13. The van der Waals surface area contributed by atoms with E-state index in [9.17, 15) is 0 Å². The van der Waals surface area contributed by atoms with Crippen molar-refractivity contribution < 1.29 is 0 Å². The van der Waals surface area contributed by atoms with Gasteiger partial charge in [-0.15, -0.1) is 6.58 Å². The number of nitrogens with two attached hydrogens (primary N) is 1. The molecule has 0 saturated heterocycles. The molecule has 1 aromatic heterocycles. The van der Waals surface area contributed by atoms with Crippen molar-refractivity contribution in [3.8, 4) is 0 Å². The highest BCUT2D eigenvalue weighted by Crippen LogP contribution is 2.22. The molecule has 4 heteroatoms. The topological polar surface area (TPSA) is 50.9 Å². The highest BCUT2D eigenvalue weighted by atomic mass is 79.9. The number of hydrogen-bond acceptors (Lipinski definition) is 3. The molecule has 1 aromatic rings. The van der Waals surface area contributed by atoms with Crippen LogP contribution in [-0.4, -0.2) is 11.0 Å². The Morgan fingerprint density at radius 2 is 2.50 bits per heavy atom. The number of halogens is 1. The average molecular weight is 256 g/mol. The van der Waals surface area contributed by atoms with E-state index in [1.807, 2.05) is 12.1 Å². The van der Waals surface area contributed by atoms with Crippen molar-refractivity contribution in [3.63, 3.8) is 0 Å². The molecule has 0 aliphatic carbocycles. The lowest BCUT2D eigenvalue weighted by molar-refractivity contribution is 0.806. The predicted octanol–water partition coefficient (Wildman–Crippen LogP) is 2.80. The molecule has 3 nitrogen and oxygen atoms in total. The second kappa shape index (κ2) is 5.00. The second-order valence-corrected chi connectivity index (χ2v) is 4.02. The minimum Gasteiger partial charge on any atom is -0.397 e. The van der Waals surface area contributed by atoms with Gasteiger partial charge in [-0.2, -0.15) is 0 Å². The zero-order chi connectivity index (χ0) is 10.6. The number of anilines is 2. The van der Waals surface area contributed by atoms with Crippen LogP contribution in [0.4, 0.5) is 11.5 Å². The van der Waals surface area contributed by atoms with E-state index in [0.29, 0.717) is 11.7 Å². The van der Waals surface area contributed by atoms with Crippen molar-refractivity contribution in [2.45, 2.75) is 19.4 Å². The van der Waals surface area contributed by atoms with Crippen LogP contribution in [0.1, 0.15) is 13.3 Å². The molecule has 0 spiro atoms. The lowest BCUT2D eigenvalue weighted by Gasteiger charge is -2.13. The number of pyridine rings is 1. The van der Waals surface area contributed by atoms with E-state index in [1.54, 1.807) is 6.20 Å². The van der Waals surface area contributed by atoms with Crippen molar-refractivity contribution in [2.24, 2.45) is 0 Å². The maximum Gasteiger partial charge on any atom is 0.140 e. The van der Waals surface area contributed by atoms with Crippen LogP contribution in [0.2, 0.25) is 0 Å². The van der Waals surface area contributed by atoms with Crippen LogP contribution >= 0.6 is 15.9 Å². The lowest BCUT2D eigenvalue weighted by atomic mass is 10.2. The fraction of sp³-hybridized carbons (Fsp3) is 0.300. The number of hydrogen-bond donors (Lipinski definition) is 2. The summed E-state index contributed by atoms with van der Waals surface area (Å²) in [4.78, 5) is 4.18. The molecule has 1 heterocycles.